The Labute approximate surface area is 139 Å². The van der Waals surface area contributed by atoms with Crippen LogP contribution in [0, 0.1) is 28.6 Å². The van der Waals surface area contributed by atoms with Crippen molar-refractivity contribution in [2.24, 2.45) is 28.6 Å². The van der Waals surface area contributed by atoms with Gasteiger partial charge in [0.15, 0.2) is 5.78 Å². The maximum absolute atomic E-state index is 13.0. The molecule has 4 aliphatic carbocycles. The van der Waals surface area contributed by atoms with Crippen LogP contribution in [0.1, 0.15) is 52.4 Å². The molecule has 3 fully saturated rings. The smallest absolute Gasteiger partial charge is 0.159 e. The summed E-state index contributed by atoms with van der Waals surface area (Å²) < 4.78 is 0. The summed E-state index contributed by atoms with van der Waals surface area (Å²) in [5.74, 6) is 0.552. The van der Waals surface area contributed by atoms with E-state index in [4.69, 9.17) is 7.85 Å². The maximum Gasteiger partial charge on any atom is 0.159 e. The molecule has 0 aromatic heterocycles. The molecule has 0 bridgehead atoms. The van der Waals surface area contributed by atoms with Gasteiger partial charge in [0.1, 0.15) is 0 Å². The van der Waals surface area contributed by atoms with Gasteiger partial charge in [-0.25, -0.2) is 0 Å². The number of carbonyl (C=O) groups is 1. The highest BCUT2D eigenvalue weighted by Gasteiger charge is 2.62. The van der Waals surface area contributed by atoms with Crippen molar-refractivity contribution < 1.29 is 15.0 Å². The van der Waals surface area contributed by atoms with Crippen molar-refractivity contribution in [3.05, 3.63) is 11.6 Å². The van der Waals surface area contributed by atoms with Gasteiger partial charge in [0.2, 0.25) is 0 Å². The molecule has 0 heterocycles. The van der Waals surface area contributed by atoms with Gasteiger partial charge in [-0.3, -0.25) is 4.79 Å². The molecule has 0 amide bonds. The largest absolute Gasteiger partial charge is 0.393 e. The van der Waals surface area contributed by atoms with Crippen LogP contribution >= 0.6 is 0 Å². The Morgan fingerprint density at radius 1 is 1.17 bits per heavy atom. The molecule has 8 atom stereocenters. The quantitative estimate of drug-likeness (QED) is 0.675. The highest BCUT2D eigenvalue weighted by atomic mass is 16.3. The summed E-state index contributed by atoms with van der Waals surface area (Å²) in [4.78, 5) is 13.0. The molecule has 0 aliphatic heterocycles. The Kier molecular flexibility index (Phi) is 3.42. The van der Waals surface area contributed by atoms with Crippen molar-refractivity contribution in [1.29, 1.82) is 0 Å². The Morgan fingerprint density at radius 2 is 1.91 bits per heavy atom. The zero-order valence-electron chi connectivity index (χ0n) is 14.2. The van der Waals surface area contributed by atoms with Gasteiger partial charge >= 0.3 is 0 Å². The van der Waals surface area contributed by atoms with E-state index in [0.29, 0.717) is 12.3 Å². The van der Waals surface area contributed by atoms with Crippen LogP contribution in [-0.4, -0.2) is 36.1 Å². The van der Waals surface area contributed by atoms with Crippen LogP contribution in [0.15, 0.2) is 11.6 Å². The van der Waals surface area contributed by atoms with E-state index in [-0.39, 0.29) is 40.4 Å². The zero-order valence-corrected chi connectivity index (χ0v) is 14.2. The van der Waals surface area contributed by atoms with Crippen LogP contribution < -0.4 is 0 Å². The van der Waals surface area contributed by atoms with Crippen molar-refractivity contribution in [3.8, 4) is 0 Å². The molecular weight excluding hydrogens is 287 g/mol. The number of ketones is 1. The van der Waals surface area contributed by atoms with Gasteiger partial charge in [-0.15, -0.1) is 0 Å². The summed E-state index contributed by atoms with van der Waals surface area (Å²) in [6.45, 7) is 4.42. The Balaban J connectivity index is 1.75. The van der Waals surface area contributed by atoms with Crippen molar-refractivity contribution in [2.45, 2.75) is 70.4 Å². The predicted molar refractivity (Wildman–Crippen MR) is 89.0 cm³/mol. The Morgan fingerprint density at radius 3 is 2.65 bits per heavy atom. The van der Waals surface area contributed by atoms with Gasteiger partial charge in [0, 0.05) is 5.92 Å². The maximum atomic E-state index is 13.0. The van der Waals surface area contributed by atoms with E-state index in [1.807, 2.05) is 6.08 Å². The van der Waals surface area contributed by atoms with Crippen molar-refractivity contribution in [1.82, 2.24) is 0 Å². The van der Waals surface area contributed by atoms with Crippen LogP contribution in [0.2, 0.25) is 5.82 Å². The first-order valence-corrected chi connectivity index (χ1v) is 9.14. The fraction of sp³-hybridized carbons (Fsp3) is 0.842. The molecule has 3 saturated carbocycles. The van der Waals surface area contributed by atoms with Gasteiger partial charge in [-0.1, -0.05) is 31.7 Å². The molecule has 2 radical (unpaired) electrons. The first-order valence-electron chi connectivity index (χ1n) is 9.14. The third kappa shape index (κ3) is 2.00. The lowest BCUT2D eigenvalue weighted by Gasteiger charge is -2.56. The number of hydrogen-bond donors (Lipinski definition) is 2. The van der Waals surface area contributed by atoms with E-state index in [2.05, 4.69) is 13.8 Å². The summed E-state index contributed by atoms with van der Waals surface area (Å²) in [5, 5.41) is 20.6. The lowest BCUT2D eigenvalue weighted by molar-refractivity contribution is -0.136. The number of fused-ring (bicyclic) bond motifs is 5. The number of allylic oxidation sites excluding steroid dienone is 1. The predicted octanol–water partition coefficient (Wildman–Crippen LogP) is 2.42. The highest BCUT2D eigenvalue weighted by Crippen LogP contribution is 2.65. The second-order valence-electron chi connectivity index (χ2n) is 9.01. The molecule has 4 heteroatoms. The number of rotatable bonds is 0. The van der Waals surface area contributed by atoms with Crippen LogP contribution in [0.25, 0.3) is 0 Å². The van der Waals surface area contributed by atoms with E-state index in [1.54, 1.807) is 0 Å². The average molecular weight is 314 g/mol. The molecule has 124 valence electrons. The van der Waals surface area contributed by atoms with Crippen LogP contribution in [0.4, 0.5) is 0 Å². The molecule has 0 saturated heterocycles. The van der Waals surface area contributed by atoms with Crippen LogP contribution in [0.3, 0.4) is 0 Å². The molecule has 2 N–H and O–H groups in total. The molecule has 23 heavy (non-hydrogen) atoms. The topological polar surface area (TPSA) is 57.5 Å². The molecule has 4 aliphatic rings. The molecule has 4 unspecified atom stereocenters. The molecule has 0 aromatic carbocycles. The van der Waals surface area contributed by atoms with Gasteiger partial charge < -0.3 is 10.2 Å². The zero-order chi connectivity index (χ0) is 16.6. The van der Waals surface area contributed by atoms with E-state index in [0.717, 1.165) is 37.7 Å². The van der Waals surface area contributed by atoms with Gasteiger partial charge in [-0.2, -0.15) is 0 Å². The normalized spacial score (nSPS) is 55.7. The number of carbonyl (C=O) groups excluding carboxylic acids is 1. The average Bonchev–Trinajstić information content (AvgIpc) is 2.73. The summed E-state index contributed by atoms with van der Waals surface area (Å²) >= 11 is 0. The minimum Gasteiger partial charge on any atom is -0.393 e. The lowest BCUT2D eigenvalue weighted by atomic mass is 9.47. The van der Waals surface area contributed by atoms with Gasteiger partial charge in [0.25, 0.3) is 0 Å². The third-order valence-corrected chi connectivity index (χ3v) is 7.96. The second kappa shape index (κ2) is 4.95. The molecular formula is C19H27BO3. The fourth-order valence-corrected chi connectivity index (χ4v) is 6.46. The molecule has 0 aromatic rings. The lowest BCUT2D eigenvalue weighted by Crippen LogP contribution is -2.54. The minimum absolute atomic E-state index is 0.000873. The van der Waals surface area contributed by atoms with Crippen LogP contribution in [0.5, 0.6) is 0 Å². The monoisotopic (exact) mass is 314 g/mol. The van der Waals surface area contributed by atoms with E-state index in [1.165, 1.54) is 0 Å². The van der Waals surface area contributed by atoms with E-state index < -0.39 is 6.10 Å². The van der Waals surface area contributed by atoms with Crippen LogP contribution in [-0.2, 0) is 4.79 Å². The summed E-state index contributed by atoms with van der Waals surface area (Å²) in [7, 11) is 6.16. The highest BCUT2D eigenvalue weighted by molar-refractivity contribution is 6.12. The molecule has 0 spiro atoms. The van der Waals surface area contributed by atoms with Crippen molar-refractivity contribution in [2.75, 3.05) is 0 Å². The fourth-order valence-electron chi connectivity index (χ4n) is 6.46. The van der Waals surface area contributed by atoms with Crippen molar-refractivity contribution >= 4 is 13.6 Å². The standard InChI is InChI=1S/C19H27BO3/c1-18-5-3-11(21)7-10(18)8-15(22)16-12(18)4-6-19(2)13(16)9-14(20)17(19)23/h8,11-14,16-17,21,23H,3-7,9H2,1-2H3/t11-,12?,13?,14+,16?,17?,18-,19-/m0/s1. The SMILES string of the molecule is [B][C@@H]1CC2C3C(=O)C=C4C[C@@H](O)CC[C@]4(C)C3CC[C@]2(C)C1O. The third-order valence-electron chi connectivity index (χ3n) is 7.96. The molecule has 4 rings (SSSR count). The summed E-state index contributed by atoms with van der Waals surface area (Å²) in [6, 6.07) is 0. The van der Waals surface area contributed by atoms with Gasteiger partial charge in [-0.05, 0) is 60.8 Å². The first kappa shape index (κ1) is 15.9. The number of hydrogen-bond acceptors (Lipinski definition) is 3. The summed E-state index contributed by atoms with van der Waals surface area (Å²) in [5.41, 5.74) is 0.983. The molecule has 3 nitrogen and oxygen atoms in total. The van der Waals surface area contributed by atoms with E-state index in [9.17, 15) is 15.0 Å². The van der Waals surface area contributed by atoms with Gasteiger partial charge in [0.05, 0.1) is 20.1 Å². The second-order valence-corrected chi connectivity index (χ2v) is 9.01. The Bertz CT molecular complexity index is 573. The minimum atomic E-state index is -0.493. The van der Waals surface area contributed by atoms with E-state index >= 15 is 0 Å². The Hall–Kier alpha value is -0.605. The first-order chi connectivity index (χ1) is 10.8. The number of aliphatic hydroxyl groups excluding tert-OH is 2. The summed E-state index contributed by atoms with van der Waals surface area (Å²) in [6.07, 6.45) is 6.18. The van der Waals surface area contributed by atoms with Crippen molar-refractivity contribution in [3.63, 3.8) is 0 Å². The number of aliphatic hydroxyl groups is 2.